The van der Waals surface area contributed by atoms with Crippen molar-refractivity contribution in [2.45, 2.75) is 11.8 Å². The molecule has 1 N–H and O–H groups in total. The lowest BCUT2D eigenvalue weighted by Gasteiger charge is -2.04. The van der Waals surface area contributed by atoms with Crippen LogP contribution in [0.2, 0.25) is 5.02 Å². The minimum Gasteiger partial charge on any atom is -0.272 e. The third kappa shape index (κ3) is 2.54. The topological polar surface area (TPSA) is 97.7 Å². The average Bonchev–Trinajstić information content (AvgIpc) is 3.02. The first-order valence-electron chi connectivity index (χ1n) is 6.98. The molecule has 0 fully saturated rings. The summed E-state index contributed by atoms with van der Waals surface area (Å²) in [5, 5.41) is 22.3. The zero-order valence-corrected chi connectivity index (χ0v) is 14.1. The Labute approximate surface area is 146 Å². The van der Waals surface area contributed by atoms with Gasteiger partial charge in [-0.05, 0) is 30.0 Å². The van der Waals surface area contributed by atoms with Crippen LogP contribution in [0.15, 0.2) is 34.0 Å². The van der Waals surface area contributed by atoms with E-state index in [1.165, 1.54) is 11.8 Å². The number of fused-ring (bicyclic) bond motifs is 1. The molecule has 3 aromatic rings. The van der Waals surface area contributed by atoms with Crippen molar-refractivity contribution in [3.05, 3.63) is 50.8 Å². The van der Waals surface area contributed by atoms with Gasteiger partial charge in [0, 0.05) is 10.6 Å². The Morgan fingerprint density at radius 2 is 1.92 bits per heavy atom. The summed E-state index contributed by atoms with van der Waals surface area (Å²) in [7, 11) is 0. The maximum absolute atomic E-state index is 12.5. The molecule has 0 aliphatic rings. The highest BCUT2D eigenvalue weighted by molar-refractivity contribution is 7.99. The second-order valence-corrected chi connectivity index (χ2v) is 6.49. The molecule has 8 heteroatoms. The fourth-order valence-corrected chi connectivity index (χ4v) is 3.29. The number of hydrogen-bond donors (Lipinski definition) is 1. The van der Waals surface area contributed by atoms with Gasteiger partial charge in [0.05, 0.1) is 4.90 Å². The molecule has 6 nitrogen and oxygen atoms in total. The summed E-state index contributed by atoms with van der Waals surface area (Å²) in [5.41, 5.74) is 0.573. The first kappa shape index (κ1) is 16.1. The van der Waals surface area contributed by atoms with Crippen molar-refractivity contribution < 1.29 is 0 Å². The molecule has 2 heterocycles. The zero-order valence-electron chi connectivity index (χ0n) is 12.5. The average molecular weight is 356 g/mol. The van der Waals surface area contributed by atoms with E-state index in [1.807, 2.05) is 13.0 Å². The second kappa shape index (κ2) is 6.40. The minimum atomic E-state index is -0.518. The number of pyridine rings is 1. The molecule has 0 aliphatic carbocycles. The third-order valence-corrected chi connectivity index (χ3v) is 4.61. The molecule has 0 saturated heterocycles. The lowest BCUT2D eigenvalue weighted by Crippen LogP contribution is -2.19. The summed E-state index contributed by atoms with van der Waals surface area (Å²) in [4.78, 5) is 17.3. The number of rotatable bonds is 3. The van der Waals surface area contributed by atoms with Crippen molar-refractivity contribution >= 4 is 29.0 Å². The summed E-state index contributed by atoms with van der Waals surface area (Å²) in [6.07, 6.45) is 0. The number of thioether (sulfide) groups is 1. The van der Waals surface area contributed by atoms with E-state index in [-0.39, 0.29) is 16.8 Å². The lowest BCUT2D eigenvalue weighted by molar-refractivity contribution is 0.904. The minimum absolute atomic E-state index is 0.0535. The molecule has 0 radical (unpaired) electrons. The van der Waals surface area contributed by atoms with Gasteiger partial charge in [0.2, 0.25) is 0 Å². The summed E-state index contributed by atoms with van der Waals surface area (Å²) >= 11 is 7.16. The van der Waals surface area contributed by atoms with E-state index in [1.54, 1.807) is 24.3 Å². The monoisotopic (exact) mass is 355 g/mol. The smallest absolute Gasteiger partial charge is 0.272 e. The standard InChI is InChI=1S/C16H10ClN5OS/c1-2-24-13-11(7-18)15-20-14(9-3-5-10(17)6-4-9)21-22(15)16(23)12(13)8-19/h3-6H,2H2,1H3,(H,20,21). The molecule has 3 rings (SSSR count). The Morgan fingerprint density at radius 1 is 1.25 bits per heavy atom. The van der Waals surface area contributed by atoms with Gasteiger partial charge < -0.3 is 0 Å². The van der Waals surface area contributed by atoms with Crippen LogP contribution in [0.25, 0.3) is 17.0 Å². The summed E-state index contributed by atoms with van der Waals surface area (Å²) in [5.74, 6) is 1.05. The quantitative estimate of drug-likeness (QED) is 0.727. The highest BCUT2D eigenvalue weighted by Crippen LogP contribution is 2.28. The van der Waals surface area contributed by atoms with E-state index in [9.17, 15) is 15.3 Å². The Hall–Kier alpha value is -2.74. The number of benzene rings is 1. The van der Waals surface area contributed by atoms with Crippen LogP contribution in [0.3, 0.4) is 0 Å². The van der Waals surface area contributed by atoms with Gasteiger partial charge in [0.25, 0.3) is 5.56 Å². The van der Waals surface area contributed by atoms with Crippen molar-refractivity contribution in [3.63, 3.8) is 0 Å². The van der Waals surface area contributed by atoms with Gasteiger partial charge in [-0.25, -0.2) is 4.98 Å². The van der Waals surface area contributed by atoms with Crippen molar-refractivity contribution in [2.24, 2.45) is 0 Å². The molecule has 1 aromatic carbocycles. The highest BCUT2D eigenvalue weighted by Gasteiger charge is 2.21. The normalized spacial score (nSPS) is 10.5. The van der Waals surface area contributed by atoms with Gasteiger partial charge in [-0.2, -0.15) is 15.0 Å². The van der Waals surface area contributed by atoms with Crippen molar-refractivity contribution in [3.8, 4) is 23.5 Å². The van der Waals surface area contributed by atoms with Crippen LogP contribution in [-0.2, 0) is 0 Å². The molecular formula is C16H10ClN5OS. The molecule has 0 unspecified atom stereocenters. The maximum atomic E-state index is 12.5. The number of nitrogens with zero attached hydrogens (tertiary/aromatic N) is 4. The number of aromatic nitrogens is 3. The predicted molar refractivity (Wildman–Crippen MR) is 92.1 cm³/mol. The zero-order chi connectivity index (χ0) is 17.3. The molecule has 0 spiro atoms. The van der Waals surface area contributed by atoms with Crippen molar-refractivity contribution in [2.75, 3.05) is 5.75 Å². The summed E-state index contributed by atoms with van der Waals surface area (Å²) in [6.45, 7) is 1.89. The predicted octanol–water partition coefficient (Wildman–Crippen LogP) is 3.20. The van der Waals surface area contributed by atoms with E-state index >= 15 is 0 Å². The van der Waals surface area contributed by atoms with E-state index in [2.05, 4.69) is 16.2 Å². The van der Waals surface area contributed by atoms with Crippen LogP contribution in [-0.4, -0.2) is 20.4 Å². The number of H-pyrrole nitrogens is 1. The van der Waals surface area contributed by atoms with E-state index in [0.717, 1.165) is 10.1 Å². The van der Waals surface area contributed by atoms with Crippen LogP contribution in [0.5, 0.6) is 0 Å². The van der Waals surface area contributed by atoms with Gasteiger partial charge in [-0.3, -0.25) is 9.89 Å². The number of nitrogens with one attached hydrogen (secondary N) is 1. The Morgan fingerprint density at radius 3 is 2.50 bits per heavy atom. The van der Waals surface area contributed by atoms with Crippen LogP contribution >= 0.6 is 23.4 Å². The largest absolute Gasteiger partial charge is 0.290 e. The number of nitriles is 2. The Bertz CT molecular complexity index is 1070. The van der Waals surface area contributed by atoms with Gasteiger partial charge in [-0.15, -0.1) is 11.8 Å². The van der Waals surface area contributed by atoms with E-state index in [0.29, 0.717) is 21.5 Å². The summed E-state index contributed by atoms with van der Waals surface area (Å²) < 4.78 is 1.14. The van der Waals surface area contributed by atoms with E-state index in [4.69, 9.17) is 11.6 Å². The molecule has 24 heavy (non-hydrogen) atoms. The van der Waals surface area contributed by atoms with Gasteiger partial charge in [0.15, 0.2) is 11.5 Å². The fraction of sp³-hybridized carbons (Fsp3) is 0.125. The Kier molecular flexibility index (Phi) is 4.30. The van der Waals surface area contributed by atoms with Crippen molar-refractivity contribution in [1.82, 2.24) is 14.6 Å². The molecule has 118 valence electrons. The molecule has 0 atom stereocenters. The molecule has 0 amide bonds. The molecular weight excluding hydrogens is 346 g/mol. The van der Waals surface area contributed by atoms with Crippen LogP contribution in [0.4, 0.5) is 0 Å². The number of hydrogen-bond acceptors (Lipinski definition) is 5. The number of halogens is 1. The highest BCUT2D eigenvalue weighted by atomic mass is 35.5. The first-order chi connectivity index (χ1) is 11.6. The van der Waals surface area contributed by atoms with Gasteiger partial charge in [0.1, 0.15) is 23.3 Å². The molecule has 2 aromatic heterocycles. The van der Waals surface area contributed by atoms with E-state index < -0.39 is 5.56 Å². The molecule has 0 saturated carbocycles. The third-order valence-electron chi connectivity index (χ3n) is 3.37. The lowest BCUT2D eigenvalue weighted by atomic mass is 10.2. The van der Waals surface area contributed by atoms with Gasteiger partial charge >= 0.3 is 0 Å². The Balaban J connectivity index is 2.35. The van der Waals surface area contributed by atoms with Crippen LogP contribution in [0.1, 0.15) is 18.1 Å². The fourth-order valence-electron chi connectivity index (χ4n) is 2.31. The number of aromatic amines is 1. The van der Waals surface area contributed by atoms with Crippen molar-refractivity contribution in [1.29, 1.82) is 10.5 Å². The van der Waals surface area contributed by atoms with Crippen LogP contribution in [0, 0.1) is 22.7 Å². The maximum Gasteiger partial charge on any atom is 0.290 e. The van der Waals surface area contributed by atoms with Gasteiger partial charge in [-0.1, -0.05) is 18.5 Å². The van der Waals surface area contributed by atoms with Crippen LogP contribution < -0.4 is 5.56 Å². The molecule has 0 bridgehead atoms. The second-order valence-electron chi connectivity index (χ2n) is 4.78. The first-order valence-corrected chi connectivity index (χ1v) is 8.34. The summed E-state index contributed by atoms with van der Waals surface area (Å²) in [6, 6.07) is 10.9. The SMILES string of the molecule is CCSc1c(C#N)c(=O)n2[nH]c(-c3ccc(Cl)cc3)nc2c1C#N. The molecule has 0 aliphatic heterocycles.